The maximum Gasteiger partial charge on any atom is 0.119 e. The van der Waals surface area contributed by atoms with Gasteiger partial charge in [-0.05, 0) is 48.5 Å². The minimum absolute atomic E-state index is 0.00274. The van der Waals surface area contributed by atoms with Gasteiger partial charge in [0.1, 0.15) is 49.4 Å². The fraction of sp³-hybridized carbons (Fsp3) is 0.500. The third-order valence-corrected chi connectivity index (χ3v) is 3.83. The second kappa shape index (κ2) is 21.0. The van der Waals surface area contributed by atoms with E-state index >= 15 is 0 Å². The summed E-state index contributed by atoms with van der Waals surface area (Å²) in [6.07, 6.45) is 0. The van der Waals surface area contributed by atoms with Gasteiger partial charge in [0.05, 0.1) is 52.9 Å². The molecule has 0 heterocycles. The average Bonchev–Trinajstić information content (AvgIpc) is 2.88. The van der Waals surface area contributed by atoms with Crippen LogP contribution < -0.4 is 18.9 Å². The molecule has 0 saturated carbocycles. The molecule has 0 bridgehead atoms. The van der Waals surface area contributed by atoms with E-state index < -0.39 is 0 Å². The third kappa shape index (κ3) is 15.3. The molecule has 0 aliphatic carbocycles. The van der Waals surface area contributed by atoms with Crippen LogP contribution in [0.1, 0.15) is 0 Å². The molecule has 34 heavy (non-hydrogen) atoms. The Labute approximate surface area is 200 Å². The molecule has 4 N–H and O–H groups in total. The summed E-state index contributed by atoms with van der Waals surface area (Å²) in [5, 5.41) is 34.1. The van der Waals surface area contributed by atoms with E-state index in [1.54, 1.807) is 24.3 Å². The monoisotopic (exact) mass is 484 g/mol. The van der Waals surface area contributed by atoms with Crippen LogP contribution in [0.15, 0.2) is 48.5 Å². The second-order valence-electron chi connectivity index (χ2n) is 6.46. The van der Waals surface area contributed by atoms with Crippen molar-refractivity contribution in [3.05, 3.63) is 48.5 Å². The van der Waals surface area contributed by atoms with Crippen molar-refractivity contribution in [1.29, 1.82) is 0 Å². The van der Waals surface area contributed by atoms with E-state index in [1.807, 2.05) is 24.3 Å². The van der Waals surface area contributed by atoms with Crippen molar-refractivity contribution in [3.63, 3.8) is 0 Å². The Morgan fingerprint density at radius 1 is 0.353 bits per heavy atom. The maximum absolute atomic E-state index is 8.53. The lowest BCUT2D eigenvalue weighted by Crippen LogP contribution is -2.09. The molecule has 0 spiro atoms. The van der Waals surface area contributed by atoms with Crippen molar-refractivity contribution in [3.8, 4) is 23.0 Å². The lowest BCUT2D eigenvalue weighted by Gasteiger charge is -2.09. The van der Waals surface area contributed by atoms with Crippen LogP contribution in [0.5, 0.6) is 23.0 Å². The normalized spacial score (nSPS) is 10.2. The highest BCUT2D eigenvalue weighted by Crippen LogP contribution is 2.18. The van der Waals surface area contributed by atoms with Gasteiger partial charge in [-0.1, -0.05) is 0 Å². The van der Waals surface area contributed by atoms with Crippen LogP contribution >= 0.6 is 0 Å². The fourth-order valence-electron chi connectivity index (χ4n) is 2.36. The van der Waals surface area contributed by atoms with Gasteiger partial charge in [-0.25, -0.2) is 0 Å². The predicted octanol–water partition coefficient (Wildman–Crippen LogP) is 0.891. The van der Waals surface area contributed by atoms with Gasteiger partial charge < -0.3 is 48.8 Å². The molecule has 2 rings (SSSR count). The first-order valence-corrected chi connectivity index (χ1v) is 11.0. The number of benzene rings is 2. The Kier molecular flexibility index (Phi) is 18.2. The van der Waals surface area contributed by atoms with Crippen molar-refractivity contribution in [1.82, 2.24) is 0 Å². The topological polar surface area (TPSA) is 136 Å². The van der Waals surface area contributed by atoms with E-state index in [1.165, 1.54) is 0 Å². The zero-order chi connectivity index (χ0) is 24.7. The smallest absolute Gasteiger partial charge is 0.119 e. The number of rotatable bonds is 18. The fourth-order valence-corrected chi connectivity index (χ4v) is 2.36. The van der Waals surface area contributed by atoms with Crippen molar-refractivity contribution < 1.29 is 48.8 Å². The van der Waals surface area contributed by atoms with Crippen molar-refractivity contribution in [2.75, 3.05) is 79.3 Å². The summed E-state index contributed by atoms with van der Waals surface area (Å²) in [5.74, 6) is 2.86. The lowest BCUT2D eigenvalue weighted by atomic mass is 10.3. The van der Waals surface area contributed by atoms with Gasteiger partial charge in [-0.2, -0.15) is 0 Å². The highest BCUT2D eigenvalue weighted by atomic mass is 16.5. The highest BCUT2D eigenvalue weighted by molar-refractivity contribution is 5.31. The van der Waals surface area contributed by atoms with Crippen molar-refractivity contribution >= 4 is 0 Å². The second-order valence-corrected chi connectivity index (χ2v) is 6.46. The Morgan fingerprint density at radius 2 is 0.618 bits per heavy atom. The summed E-state index contributed by atoms with van der Waals surface area (Å²) in [6.45, 7) is 3.05. The van der Waals surface area contributed by atoms with Gasteiger partial charge in [0.2, 0.25) is 0 Å². The number of aliphatic hydroxyl groups excluding tert-OH is 4. The number of hydrogen-bond acceptors (Lipinski definition) is 10. The quantitative estimate of drug-likeness (QED) is 0.226. The molecule has 0 radical (unpaired) electrons. The molecule has 0 fully saturated rings. The van der Waals surface area contributed by atoms with Crippen LogP contribution in [0.25, 0.3) is 0 Å². The molecule has 192 valence electrons. The van der Waals surface area contributed by atoms with Gasteiger partial charge in [0.15, 0.2) is 0 Å². The lowest BCUT2D eigenvalue weighted by molar-refractivity contribution is 0.0697. The summed E-state index contributed by atoms with van der Waals surface area (Å²) in [4.78, 5) is 0. The summed E-state index contributed by atoms with van der Waals surface area (Å²) in [5.41, 5.74) is 0. The van der Waals surface area contributed by atoms with Gasteiger partial charge >= 0.3 is 0 Å². The Bertz CT molecular complexity index is 634. The minimum Gasteiger partial charge on any atom is -0.491 e. The van der Waals surface area contributed by atoms with Crippen LogP contribution in [-0.4, -0.2) is 99.7 Å². The largest absolute Gasteiger partial charge is 0.491 e. The molecule has 2 aromatic rings. The Balaban J connectivity index is 0.000000362. The van der Waals surface area contributed by atoms with Gasteiger partial charge in [0.25, 0.3) is 0 Å². The van der Waals surface area contributed by atoms with E-state index in [-0.39, 0.29) is 39.6 Å². The molecule has 0 aliphatic rings. The zero-order valence-corrected chi connectivity index (χ0v) is 19.3. The molecule has 0 aromatic heterocycles. The van der Waals surface area contributed by atoms with Gasteiger partial charge in [-0.15, -0.1) is 0 Å². The summed E-state index contributed by atoms with van der Waals surface area (Å²) >= 11 is 0. The molecule has 2 aromatic carbocycles. The Morgan fingerprint density at radius 3 is 0.882 bits per heavy atom. The number of ether oxygens (including phenoxy) is 6. The molecule has 0 atom stereocenters. The van der Waals surface area contributed by atoms with Gasteiger partial charge in [-0.3, -0.25) is 0 Å². The molecule has 0 amide bonds. The molecule has 0 saturated heterocycles. The number of hydrogen-bond donors (Lipinski definition) is 4. The summed E-state index contributed by atoms with van der Waals surface area (Å²) in [6, 6.07) is 14.3. The molecule has 10 nitrogen and oxygen atoms in total. The van der Waals surface area contributed by atoms with Gasteiger partial charge in [0, 0.05) is 0 Å². The van der Waals surface area contributed by atoms with E-state index in [9.17, 15) is 0 Å². The van der Waals surface area contributed by atoms with Crippen LogP contribution in [0, 0.1) is 0 Å². The first-order valence-electron chi connectivity index (χ1n) is 11.0. The SMILES string of the molecule is OCCOCCOc1ccc(OCCOCCO)cc1.OCCOc1ccc(OCCO)cc1. The molecular weight excluding hydrogens is 448 g/mol. The first-order chi connectivity index (χ1) is 16.7. The minimum atomic E-state index is 0.00274. The average molecular weight is 485 g/mol. The molecule has 10 heteroatoms. The standard InChI is InChI=1S/C14H22O6.C10H14O4/c15-5-7-17-9-11-19-13-1-2-14(4-3-13)20-12-10-18-8-6-16;11-5-7-13-9-1-2-10(4-3-9)14-8-6-12/h1-4,15-16H,5-12H2;1-4,11-12H,5-8H2. The van der Waals surface area contributed by atoms with E-state index in [0.29, 0.717) is 51.1 Å². The predicted molar refractivity (Wildman–Crippen MR) is 125 cm³/mol. The first kappa shape index (κ1) is 29.4. The van der Waals surface area contributed by atoms with Crippen molar-refractivity contribution in [2.24, 2.45) is 0 Å². The molecule has 0 unspecified atom stereocenters. The summed E-state index contributed by atoms with van der Waals surface area (Å²) < 4.78 is 31.4. The zero-order valence-electron chi connectivity index (χ0n) is 19.3. The van der Waals surface area contributed by atoms with Crippen LogP contribution in [0.2, 0.25) is 0 Å². The van der Waals surface area contributed by atoms with Crippen LogP contribution in [0.3, 0.4) is 0 Å². The van der Waals surface area contributed by atoms with Crippen LogP contribution in [0.4, 0.5) is 0 Å². The molecular formula is C24H36O10. The number of aliphatic hydroxyl groups is 4. The van der Waals surface area contributed by atoms with E-state index in [4.69, 9.17) is 48.8 Å². The van der Waals surface area contributed by atoms with Crippen molar-refractivity contribution in [2.45, 2.75) is 0 Å². The third-order valence-electron chi connectivity index (χ3n) is 3.83. The molecule has 0 aliphatic heterocycles. The van der Waals surface area contributed by atoms with Crippen LogP contribution in [-0.2, 0) is 9.47 Å². The van der Waals surface area contributed by atoms with E-state index in [0.717, 1.165) is 11.5 Å². The Hall–Kier alpha value is -2.60. The highest BCUT2D eigenvalue weighted by Gasteiger charge is 1.98. The van der Waals surface area contributed by atoms with E-state index in [2.05, 4.69) is 0 Å². The maximum atomic E-state index is 8.53. The summed E-state index contributed by atoms with van der Waals surface area (Å²) in [7, 11) is 0.